The predicted octanol–water partition coefficient (Wildman–Crippen LogP) is 4.98. The SMILES string of the molecule is N#CC1=C(SCC(=O)c2ccc(Cl)cc2)NC2=C(C(=O)CCC2)[C@@H]1c1ccco1. The highest BCUT2D eigenvalue weighted by atomic mass is 35.5. The van der Waals surface area contributed by atoms with E-state index in [1.807, 2.05) is 0 Å². The number of nitriles is 1. The smallest absolute Gasteiger partial charge is 0.173 e. The van der Waals surface area contributed by atoms with E-state index in [0.717, 1.165) is 18.5 Å². The fourth-order valence-corrected chi connectivity index (χ4v) is 4.72. The Morgan fingerprint density at radius 1 is 1.28 bits per heavy atom. The first-order valence-corrected chi connectivity index (χ1v) is 10.6. The van der Waals surface area contributed by atoms with Gasteiger partial charge in [-0.15, -0.1) is 0 Å². The molecule has 2 heterocycles. The van der Waals surface area contributed by atoms with E-state index in [1.54, 1.807) is 36.4 Å². The first kappa shape index (κ1) is 19.6. The van der Waals surface area contributed by atoms with Crippen molar-refractivity contribution in [1.29, 1.82) is 5.26 Å². The third-order valence-corrected chi connectivity index (χ3v) is 6.27. The Hall–Kier alpha value is -2.75. The van der Waals surface area contributed by atoms with E-state index in [4.69, 9.17) is 16.0 Å². The van der Waals surface area contributed by atoms with E-state index < -0.39 is 5.92 Å². The molecule has 2 aromatic rings. The highest BCUT2D eigenvalue weighted by molar-refractivity contribution is 8.03. The first-order chi connectivity index (χ1) is 14.1. The Bertz CT molecular complexity index is 1060. The third-order valence-electron chi connectivity index (χ3n) is 5.00. The molecule has 7 heteroatoms. The second-order valence-corrected chi connectivity index (χ2v) is 8.24. The Morgan fingerprint density at radius 2 is 2.07 bits per heavy atom. The molecule has 1 aliphatic heterocycles. The third kappa shape index (κ3) is 3.89. The van der Waals surface area contributed by atoms with Crippen molar-refractivity contribution in [3.8, 4) is 6.07 Å². The van der Waals surface area contributed by atoms with Gasteiger partial charge in [0.1, 0.15) is 5.76 Å². The average Bonchev–Trinajstić information content (AvgIpc) is 3.26. The van der Waals surface area contributed by atoms with Crippen LogP contribution in [0.2, 0.25) is 5.02 Å². The summed E-state index contributed by atoms with van der Waals surface area (Å²) in [7, 11) is 0. The van der Waals surface area contributed by atoms with Gasteiger partial charge in [-0.25, -0.2) is 0 Å². The van der Waals surface area contributed by atoms with E-state index in [-0.39, 0.29) is 17.3 Å². The van der Waals surface area contributed by atoms with Gasteiger partial charge in [0.15, 0.2) is 11.6 Å². The zero-order valence-corrected chi connectivity index (χ0v) is 17.0. The Kier molecular flexibility index (Phi) is 5.61. The van der Waals surface area contributed by atoms with Crippen LogP contribution in [0.25, 0.3) is 0 Å². The van der Waals surface area contributed by atoms with Gasteiger partial charge >= 0.3 is 0 Å². The zero-order chi connectivity index (χ0) is 20.4. The van der Waals surface area contributed by atoms with Crippen LogP contribution < -0.4 is 5.32 Å². The van der Waals surface area contributed by atoms with Crippen LogP contribution >= 0.6 is 23.4 Å². The lowest BCUT2D eigenvalue weighted by atomic mass is 9.79. The van der Waals surface area contributed by atoms with Gasteiger partial charge in [-0.2, -0.15) is 5.26 Å². The standard InChI is InChI=1S/C22H17ClN2O3S/c23-14-8-6-13(7-9-14)18(27)12-29-22-15(11-24)20(19-5-2-10-28-19)21-16(25-22)3-1-4-17(21)26/h2,5-10,20,25H,1,3-4,12H2/t20-/m0/s1. The summed E-state index contributed by atoms with van der Waals surface area (Å²) >= 11 is 7.15. The van der Waals surface area contributed by atoms with Crippen LogP contribution in [-0.4, -0.2) is 17.3 Å². The van der Waals surface area contributed by atoms with Crippen LogP contribution in [0.4, 0.5) is 0 Å². The number of ketones is 2. The summed E-state index contributed by atoms with van der Waals surface area (Å²) < 4.78 is 5.57. The van der Waals surface area contributed by atoms with Crippen molar-refractivity contribution in [3.05, 3.63) is 80.9 Å². The van der Waals surface area contributed by atoms with Crippen molar-refractivity contribution in [2.24, 2.45) is 0 Å². The van der Waals surface area contributed by atoms with Gasteiger partial charge in [-0.1, -0.05) is 23.4 Å². The maximum absolute atomic E-state index is 12.6. The lowest BCUT2D eigenvalue weighted by Gasteiger charge is -2.32. The van der Waals surface area contributed by atoms with Crippen molar-refractivity contribution in [3.63, 3.8) is 0 Å². The molecular weight excluding hydrogens is 408 g/mol. The number of thioether (sulfide) groups is 1. The number of furan rings is 1. The summed E-state index contributed by atoms with van der Waals surface area (Å²) in [5.74, 6) is 0.165. The molecule has 1 aromatic carbocycles. The number of nitrogens with zero attached hydrogens (tertiary/aromatic N) is 1. The molecule has 146 valence electrons. The topological polar surface area (TPSA) is 83.1 Å². The molecule has 2 aliphatic rings. The molecule has 5 nitrogen and oxygen atoms in total. The minimum atomic E-state index is -0.535. The summed E-state index contributed by atoms with van der Waals surface area (Å²) in [5.41, 5.74) is 2.40. The van der Waals surface area contributed by atoms with Crippen LogP contribution in [0.15, 0.2) is 69.0 Å². The number of carbonyl (C=O) groups is 2. The highest BCUT2D eigenvalue weighted by Crippen LogP contribution is 2.44. The number of hydrogen-bond donors (Lipinski definition) is 1. The maximum Gasteiger partial charge on any atom is 0.173 e. The van der Waals surface area contributed by atoms with Crippen molar-refractivity contribution in [1.82, 2.24) is 5.32 Å². The molecule has 0 saturated carbocycles. The lowest BCUT2D eigenvalue weighted by molar-refractivity contribution is -0.116. The molecule has 1 aliphatic carbocycles. The quantitative estimate of drug-likeness (QED) is 0.681. The summed E-state index contributed by atoms with van der Waals surface area (Å²) in [6, 6.07) is 12.5. The number of carbonyl (C=O) groups excluding carboxylic acids is 2. The molecule has 29 heavy (non-hydrogen) atoms. The maximum atomic E-state index is 12.6. The number of Topliss-reactive ketones (excluding diaryl/α,β-unsaturated/α-hetero) is 2. The zero-order valence-electron chi connectivity index (χ0n) is 15.4. The molecule has 1 N–H and O–H groups in total. The number of nitrogens with one attached hydrogen (secondary N) is 1. The van der Waals surface area contributed by atoms with Crippen LogP contribution in [0.3, 0.4) is 0 Å². The molecule has 1 atom stereocenters. The number of hydrogen-bond acceptors (Lipinski definition) is 6. The van der Waals surface area contributed by atoms with E-state index in [2.05, 4.69) is 11.4 Å². The summed E-state index contributed by atoms with van der Waals surface area (Å²) in [4.78, 5) is 25.2. The molecule has 0 radical (unpaired) electrons. The van der Waals surface area contributed by atoms with Crippen LogP contribution in [0.5, 0.6) is 0 Å². The van der Waals surface area contributed by atoms with Crippen molar-refractivity contribution < 1.29 is 14.0 Å². The van der Waals surface area contributed by atoms with Gasteiger partial charge in [-0.05, 0) is 49.2 Å². The molecule has 0 spiro atoms. The van der Waals surface area contributed by atoms with Crippen LogP contribution in [0, 0.1) is 11.3 Å². The summed E-state index contributed by atoms with van der Waals surface area (Å²) in [5, 5.41) is 14.3. The second kappa shape index (κ2) is 8.32. The van der Waals surface area contributed by atoms with Gasteiger partial charge in [0, 0.05) is 28.3 Å². The molecular formula is C22H17ClN2O3S. The molecule has 4 rings (SSSR count). The minimum Gasteiger partial charge on any atom is -0.468 e. The first-order valence-electron chi connectivity index (χ1n) is 9.21. The summed E-state index contributed by atoms with van der Waals surface area (Å²) in [6.07, 6.45) is 3.50. The lowest BCUT2D eigenvalue weighted by Crippen LogP contribution is -2.31. The fourth-order valence-electron chi connectivity index (χ4n) is 3.63. The fraction of sp³-hybridized carbons (Fsp3) is 0.227. The largest absolute Gasteiger partial charge is 0.468 e. The van der Waals surface area contributed by atoms with Gasteiger partial charge in [0.05, 0.1) is 34.6 Å². The molecule has 0 amide bonds. The average molecular weight is 425 g/mol. The highest BCUT2D eigenvalue weighted by Gasteiger charge is 2.38. The normalized spacial score (nSPS) is 18.9. The van der Waals surface area contributed by atoms with E-state index in [0.29, 0.717) is 38.9 Å². The summed E-state index contributed by atoms with van der Waals surface area (Å²) in [6.45, 7) is 0. The Balaban J connectivity index is 1.64. The molecule has 1 aromatic heterocycles. The minimum absolute atomic E-state index is 0.0363. The molecule has 0 unspecified atom stereocenters. The van der Waals surface area contributed by atoms with Gasteiger partial charge < -0.3 is 9.73 Å². The Morgan fingerprint density at radius 3 is 2.76 bits per heavy atom. The predicted molar refractivity (Wildman–Crippen MR) is 111 cm³/mol. The molecule has 0 saturated heterocycles. The number of halogens is 1. The molecule has 0 bridgehead atoms. The number of benzene rings is 1. The van der Waals surface area contributed by atoms with E-state index in [9.17, 15) is 14.9 Å². The van der Waals surface area contributed by atoms with Crippen LogP contribution in [-0.2, 0) is 4.79 Å². The second-order valence-electron chi connectivity index (χ2n) is 6.82. The monoisotopic (exact) mass is 424 g/mol. The molecule has 0 fully saturated rings. The number of allylic oxidation sites excluding steroid dienone is 3. The van der Waals surface area contributed by atoms with Crippen molar-refractivity contribution in [2.75, 3.05) is 5.75 Å². The number of dihydropyridines is 1. The van der Waals surface area contributed by atoms with Gasteiger partial charge in [0.2, 0.25) is 0 Å². The van der Waals surface area contributed by atoms with Crippen molar-refractivity contribution in [2.45, 2.75) is 25.2 Å². The van der Waals surface area contributed by atoms with Crippen LogP contribution in [0.1, 0.15) is 41.3 Å². The van der Waals surface area contributed by atoms with Gasteiger partial charge in [0.25, 0.3) is 0 Å². The van der Waals surface area contributed by atoms with E-state index >= 15 is 0 Å². The van der Waals surface area contributed by atoms with Gasteiger partial charge in [-0.3, -0.25) is 9.59 Å². The van der Waals surface area contributed by atoms with Crippen molar-refractivity contribution >= 4 is 34.9 Å². The Labute approximate surface area is 177 Å². The van der Waals surface area contributed by atoms with E-state index in [1.165, 1.54) is 18.0 Å². The number of rotatable bonds is 5.